The Kier molecular flexibility index (Phi) is 2.93. The fraction of sp³-hybridized carbons (Fsp3) is 0.600. The van der Waals surface area contributed by atoms with Gasteiger partial charge < -0.3 is 9.84 Å². The lowest BCUT2D eigenvalue weighted by molar-refractivity contribution is -0.163. The van der Waals surface area contributed by atoms with E-state index in [-0.39, 0.29) is 0 Å². The molecule has 2 atom stereocenters. The van der Waals surface area contributed by atoms with Gasteiger partial charge in [0.15, 0.2) is 0 Å². The molecular weight excluding hydrogens is 184 g/mol. The first-order valence-electron chi connectivity index (χ1n) is 4.48. The number of rotatable bonds is 2. The van der Waals surface area contributed by atoms with Crippen molar-refractivity contribution in [3.05, 3.63) is 12.2 Å². The van der Waals surface area contributed by atoms with Gasteiger partial charge in [-0.15, -0.1) is 0 Å². The van der Waals surface area contributed by atoms with Crippen LogP contribution in [0.15, 0.2) is 12.2 Å². The van der Waals surface area contributed by atoms with Crippen LogP contribution in [-0.2, 0) is 14.3 Å². The summed E-state index contributed by atoms with van der Waals surface area (Å²) in [6.07, 6.45) is 4.44. The third-order valence-electron chi connectivity index (χ3n) is 2.82. The molecule has 0 saturated carbocycles. The highest BCUT2D eigenvalue weighted by molar-refractivity contribution is 5.84. The highest BCUT2D eigenvalue weighted by atomic mass is 16.5. The molecule has 1 aliphatic rings. The molecule has 0 amide bonds. The SMILES string of the molecule is COC(=O)C1CC=CCC1(C)C(=O)O. The minimum absolute atomic E-state index is 0.377. The lowest BCUT2D eigenvalue weighted by Gasteiger charge is -2.32. The Morgan fingerprint density at radius 1 is 1.50 bits per heavy atom. The number of aliphatic carboxylic acids is 1. The molecule has 4 heteroatoms. The molecule has 0 heterocycles. The van der Waals surface area contributed by atoms with E-state index in [1.807, 2.05) is 6.08 Å². The molecule has 1 N–H and O–H groups in total. The number of esters is 1. The second kappa shape index (κ2) is 3.82. The van der Waals surface area contributed by atoms with Crippen molar-refractivity contribution in [3.63, 3.8) is 0 Å². The molecule has 2 unspecified atom stereocenters. The molecular formula is C10H14O4. The average Bonchev–Trinajstić information content (AvgIpc) is 2.17. The smallest absolute Gasteiger partial charge is 0.310 e. The van der Waals surface area contributed by atoms with Gasteiger partial charge >= 0.3 is 11.9 Å². The molecule has 0 radical (unpaired) electrons. The molecule has 0 aromatic carbocycles. The van der Waals surface area contributed by atoms with Crippen LogP contribution >= 0.6 is 0 Å². The van der Waals surface area contributed by atoms with Crippen LogP contribution in [-0.4, -0.2) is 24.2 Å². The van der Waals surface area contributed by atoms with E-state index in [1.54, 1.807) is 13.0 Å². The van der Waals surface area contributed by atoms with Crippen LogP contribution in [0.5, 0.6) is 0 Å². The fourth-order valence-electron chi connectivity index (χ4n) is 1.70. The standard InChI is InChI=1S/C10H14O4/c1-10(9(12)13)6-4-3-5-7(10)8(11)14-2/h3-4,7H,5-6H2,1-2H3,(H,12,13). The van der Waals surface area contributed by atoms with Crippen molar-refractivity contribution in [3.8, 4) is 0 Å². The van der Waals surface area contributed by atoms with E-state index in [1.165, 1.54) is 7.11 Å². The molecule has 0 saturated heterocycles. The summed E-state index contributed by atoms with van der Waals surface area (Å²) >= 11 is 0. The first-order valence-corrected chi connectivity index (χ1v) is 4.48. The zero-order chi connectivity index (χ0) is 10.8. The number of carbonyl (C=O) groups excluding carboxylic acids is 1. The predicted octanol–water partition coefficient (Wildman–Crippen LogP) is 1.22. The second-order valence-corrected chi connectivity index (χ2v) is 3.71. The summed E-state index contributed by atoms with van der Waals surface area (Å²) in [5.74, 6) is -1.97. The molecule has 0 spiro atoms. The minimum atomic E-state index is -1.03. The summed E-state index contributed by atoms with van der Waals surface area (Å²) < 4.78 is 4.60. The fourth-order valence-corrected chi connectivity index (χ4v) is 1.70. The minimum Gasteiger partial charge on any atom is -0.481 e. The Morgan fingerprint density at radius 2 is 2.14 bits per heavy atom. The Bertz CT molecular complexity index is 282. The number of hydrogen-bond donors (Lipinski definition) is 1. The van der Waals surface area contributed by atoms with Gasteiger partial charge in [-0.1, -0.05) is 12.2 Å². The van der Waals surface area contributed by atoms with Gasteiger partial charge in [0.25, 0.3) is 0 Å². The molecule has 0 aliphatic heterocycles. The van der Waals surface area contributed by atoms with Crippen LogP contribution in [0.2, 0.25) is 0 Å². The molecule has 1 rings (SSSR count). The van der Waals surface area contributed by atoms with Gasteiger partial charge in [0.1, 0.15) is 0 Å². The van der Waals surface area contributed by atoms with Gasteiger partial charge in [-0.05, 0) is 19.8 Å². The lowest BCUT2D eigenvalue weighted by atomic mass is 9.70. The maximum Gasteiger partial charge on any atom is 0.310 e. The van der Waals surface area contributed by atoms with Gasteiger partial charge in [-0.2, -0.15) is 0 Å². The van der Waals surface area contributed by atoms with Crippen LogP contribution < -0.4 is 0 Å². The number of carboxylic acids is 1. The quantitative estimate of drug-likeness (QED) is 0.535. The first kappa shape index (κ1) is 10.8. The lowest BCUT2D eigenvalue weighted by Crippen LogP contribution is -2.41. The molecule has 1 aliphatic carbocycles. The largest absolute Gasteiger partial charge is 0.481 e. The summed E-state index contributed by atoms with van der Waals surface area (Å²) in [7, 11) is 1.28. The van der Waals surface area contributed by atoms with E-state index >= 15 is 0 Å². The summed E-state index contributed by atoms with van der Waals surface area (Å²) in [6, 6.07) is 0. The Morgan fingerprint density at radius 3 is 2.64 bits per heavy atom. The maximum atomic E-state index is 11.4. The summed E-state index contributed by atoms with van der Waals surface area (Å²) in [5, 5.41) is 9.07. The van der Waals surface area contributed by atoms with Crippen LogP contribution in [0.1, 0.15) is 19.8 Å². The predicted molar refractivity (Wildman–Crippen MR) is 49.6 cm³/mol. The Labute approximate surface area is 82.6 Å². The van der Waals surface area contributed by atoms with Crippen LogP contribution in [0, 0.1) is 11.3 Å². The van der Waals surface area contributed by atoms with Crippen molar-refractivity contribution in [2.24, 2.45) is 11.3 Å². The number of carbonyl (C=O) groups is 2. The normalized spacial score (nSPS) is 31.1. The van der Waals surface area contributed by atoms with Gasteiger partial charge in [0, 0.05) is 0 Å². The molecule has 0 bridgehead atoms. The van der Waals surface area contributed by atoms with E-state index in [9.17, 15) is 9.59 Å². The zero-order valence-electron chi connectivity index (χ0n) is 8.32. The number of carboxylic acid groups (broad SMARTS) is 1. The number of allylic oxidation sites excluding steroid dienone is 2. The highest BCUT2D eigenvalue weighted by Crippen LogP contribution is 2.38. The summed E-state index contributed by atoms with van der Waals surface area (Å²) in [6.45, 7) is 1.58. The third-order valence-corrected chi connectivity index (χ3v) is 2.82. The Hall–Kier alpha value is -1.32. The second-order valence-electron chi connectivity index (χ2n) is 3.71. The van der Waals surface area contributed by atoms with Crippen molar-refractivity contribution in [2.75, 3.05) is 7.11 Å². The van der Waals surface area contributed by atoms with Gasteiger partial charge in [-0.25, -0.2) is 0 Å². The van der Waals surface area contributed by atoms with E-state index in [0.717, 1.165) is 0 Å². The van der Waals surface area contributed by atoms with Crippen molar-refractivity contribution in [1.82, 2.24) is 0 Å². The molecule has 4 nitrogen and oxygen atoms in total. The van der Waals surface area contributed by atoms with E-state index in [2.05, 4.69) is 4.74 Å². The van der Waals surface area contributed by atoms with Crippen molar-refractivity contribution >= 4 is 11.9 Å². The highest BCUT2D eigenvalue weighted by Gasteiger charge is 2.46. The van der Waals surface area contributed by atoms with E-state index in [0.29, 0.717) is 12.8 Å². The molecule has 0 fully saturated rings. The van der Waals surface area contributed by atoms with Crippen LogP contribution in [0.25, 0.3) is 0 Å². The van der Waals surface area contributed by atoms with Gasteiger partial charge in [0.05, 0.1) is 18.4 Å². The number of methoxy groups -OCH3 is 1. The Balaban J connectivity index is 2.96. The topological polar surface area (TPSA) is 63.6 Å². The van der Waals surface area contributed by atoms with E-state index in [4.69, 9.17) is 5.11 Å². The number of hydrogen-bond acceptors (Lipinski definition) is 3. The summed E-state index contributed by atoms with van der Waals surface area (Å²) in [4.78, 5) is 22.4. The third kappa shape index (κ3) is 1.64. The molecule has 14 heavy (non-hydrogen) atoms. The first-order chi connectivity index (χ1) is 6.52. The summed E-state index contributed by atoms with van der Waals surface area (Å²) in [5.41, 5.74) is -1.03. The van der Waals surface area contributed by atoms with Crippen molar-refractivity contribution in [1.29, 1.82) is 0 Å². The van der Waals surface area contributed by atoms with Crippen LogP contribution in [0.3, 0.4) is 0 Å². The maximum absolute atomic E-state index is 11.4. The number of ether oxygens (including phenoxy) is 1. The van der Waals surface area contributed by atoms with Crippen molar-refractivity contribution in [2.45, 2.75) is 19.8 Å². The van der Waals surface area contributed by atoms with Gasteiger partial charge in [-0.3, -0.25) is 9.59 Å². The van der Waals surface area contributed by atoms with Crippen LogP contribution in [0.4, 0.5) is 0 Å². The molecule has 0 aromatic heterocycles. The average molecular weight is 198 g/mol. The molecule has 78 valence electrons. The monoisotopic (exact) mass is 198 g/mol. The van der Waals surface area contributed by atoms with Crippen molar-refractivity contribution < 1.29 is 19.4 Å². The van der Waals surface area contributed by atoms with E-state index < -0.39 is 23.3 Å². The molecule has 0 aromatic rings. The van der Waals surface area contributed by atoms with Gasteiger partial charge in [0.2, 0.25) is 0 Å². The zero-order valence-corrected chi connectivity index (χ0v) is 8.32.